The van der Waals surface area contributed by atoms with Gasteiger partial charge in [0.15, 0.2) is 0 Å². The number of hydrogen-bond donors (Lipinski definition) is 4. The zero-order valence-corrected chi connectivity index (χ0v) is 13.8. The summed E-state index contributed by atoms with van der Waals surface area (Å²) in [4.78, 5) is 40.1. The zero-order valence-electron chi connectivity index (χ0n) is 13.8. The smallest absolute Gasteiger partial charge is 0.344 e. The highest BCUT2D eigenvalue weighted by Gasteiger charge is 2.67. The number of aliphatic carboxylic acids is 2. The second kappa shape index (κ2) is 5.92. The number of nitrogens with one attached hydrogen (secondary N) is 1. The molecule has 0 aliphatic carbocycles. The summed E-state index contributed by atoms with van der Waals surface area (Å²) in [5.74, 6) is -4.72. The predicted molar refractivity (Wildman–Crippen MR) is 88.5 cm³/mol. The van der Waals surface area contributed by atoms with E-state index in [-0.39, 0.29) is 17.7 Å². The Hall–Kier alpha value is -3.26. The zero-order chi connectivity index (χ0) is 19.1. The van der Waals surface area contributed by atoms with Gasteiger partial charge in [-0.05, 0) is 18.6 Å². The molecule has 8 nitrogen and oxygen atoms in total. The van der Waals surface area contributed by atoms with E-state index in [1.807, 2.05) is 12.2 Å². The van der Waals surface area contributed by atoms with E-state index in [4.69, 9.17) is 0 Å². The number of benzene rings is 1. The van der Waals surface area contributed by atoms with Crippen molar-refractivity contribution < 1.29 is 29.7 Å². The van der Waals surface area contributed by atoms with Gasteiger partial charge in [0.05, 0.1) is 0 Å². The fourth-order valence-corrected chi connectivity index (χ4v) is 3.24. The molecule has 1 aliphatic rings. The predicted octanol–water partition coefficient (Wildman–Crippen LogP) is 0.472. The molecule has 8 heteroatoms. The van der Waals surface area contributed by atoms with E-state index in [1.54, 1.807) is 24.3 Å². The normalized spacial score (nSPS) is 20.8. The molecule has 2 aromatic rings. The van der Waals surface area contributed by atoms with Gasteiger partial charge in [0.2, 0.25) is 0 Å². The molecule has 1 aliphatic heterocycles. The van der Waals surface area contributed by atoms with Crippen LogP contribution in [-0.2, 0) is 21.6 Å². The van der Waals surface area contributed by atoms with Crippen LogP contribution in [0.15, 0.2) is 42.6 Å². The minimum absolute atomic E-state index is 0.144. The molecule has 3 rings (SSSR count). The number of rotatable bonds is 4. The maximum Gasteiger partial charge on any atom is 0.344 e. The van der Waals surface area contributed by atoms with Gasteiger partial charge in [-0.15, -0.1) is 0 Å². The third-order valence-electron chi connectivity index (χ3n) is 4.61. The van der Waals surface area contributed by atoms with Gasteiger partial charge in [-0.1, -0.05) is 35.9 Å². The van der Waals surface area contributed by atoms with Crippen LogP contribution in [0.2, 0.25) is 0 Å². The molecule has 1 atom stereocenters. The van der Waals surface area contributed by atoms with Crippen molar-refractivity contribution in [3.05, 3.63) is 65.0 Å². The van der Waals surface area contributed by atoms with Crippen LogP contribution < -0.4 is 5.32 Å². The van der Waals surface area contributed by atoms with Crippen molar-refractivity contribution >= 4 is 17.8 Å². The van der Waals surface area contributed by atoms with Crippen molar-refractivity contribution in [2.75, 3.05) is 0 Å². The average Bonchev–Trinajstić information content (AvgIpc) is 2.60. The van der Waals surface area contributed by atoms with Crippen LogP contribution in [0.25, 0.3) is 0 Å². The van der Waals surface area contributed by atoms with Crippen molar-refractivity contribution in [2.45, 2.75) is 24.5 Å². The van der Waals surface area contributed by atoms with Gasteiger partial charge >= 0.3 is 11.9 Å². The number of pyridine rings is 1. The summed E-state index contributed by atoms with van der Waals surface area (Å²) in [5, 5.41) is 32.7. The van der Waals surface area contributed by atoms with Gasteiger partial charge in [0.1, 0.15) is 11.3 Å². The summed E-state index contributed by atoms with van der Waals surface area (Å²) >= 11 is 0. The van der Waals surface area contributed by atoms with Gasteiger partial charge in [-0.25, -0.2) is 9.59 Å². The Balaban J connectivity index is 2.28. The highest BCUT2D eigenvalue weighted by Crippen LogP contribution is 2.41. The molecule has 0 radical (unpaired) electrons. The maximum atomic E-state index is 12.3. The van der Waals surface area contributed by atoms with E-state index < -0.39 is 29.0 Å². The van der Waals surface area contributed by atoms with Crippen molar-refractivity contribution in [1.29, 1.82) is 0 Å². The van der Waals surface area contributed by atoms with Crippen LogP contribution in [0, 0.1) is 6.92 Å². The first-order chi connectivity index (χ1) is 12.2. The van der Waals surface area contributed by atoms with E-state index in [0.29, 0.717) is 5.56 Å². The molecule has 134 valence electrons. The van der Waals surface area contributed by atoms with E-state index in [9.17, 15) is 29.7 Å². The molecular weight excluding hydrogens is 340 g/mol. The third-order valence-corrected chi connectivity index (χ3v) is 4.61. The lowest BCUT2D eigenvalue weighted by Crippen LogP contribution is -2.74. The largest absolute Gasteiger partial charge is 0.479 e. The molecule has 0 saturated heterocycles. The van der Waals surface area contributed by atoms with Gasteiger partial charge < -0.3 is 20.6 Å². The first kappa shape index (κ1) is 17.6. The molecule has 1 aromatic heterocycles. The fourth-order valence-electron chi connectivity index (χ4n) is 3.24. The van der Waals surface area contributed by atoms with E-state index in [1.165, 1.54) is 18.3 Å². The SMILES string of the molecule is Cc1ccc(CC2(O)c3cccnc3C(=O)NC2(C(=O)O)C(=O)O)cc1. The molecule has 2 heterocycles. The standard InChI is InChI=1S/C18H16N2O6/c1-10-4-6-11(7-5-10)9-17(26)12-3-2-8-19-13(12)14(21)20-18(17,15(22)23)16(24)25/h2-8,26H,9H2,1H3,(H,20,21)(H,22,23)(H,24,25). The van der Waals surface area contributed by atoms with Crippen LogP contribution in [0.5, 0.6) is 0 Å². The average molecular weight is 356 g/mol. The van der Waals surface area contributed by atoms with E-state index >= 15 is 0 Å². The minimum atomic E-state index is -2.95. The summed E-state index contributed by atoms with van der Waals surface area (Å²) < 4.78 is 0. The summed E-state index contributed by atoms with van der Waals surface area (Å²) in [6, 6.07) is 9.56. The number of aromatic nitrogens is 1. The number of nitrogens with zero attached hydrogens (tertiary/aromatic N) is 1. The number of carboxylic acids is 2. The Bertz CT molecular complexity index is 894. The number of carboxylic acid groups (broad SMARTS) is 2. The van der Waals surface area contributed by atoms with Crippen molar-refractivity contribution in [2.24, 2.45) is 0 Å². The summed E-state index contributed by atoms with van der Waals surface area (Å²) in [7, 11) is 0. The molecule has 0 spiro atoms. The molecule has 1 aromatic carbocycles. The Kier molecular flexibility index (Phi) is 4.00. The second-order valence-corrected chi connectivity index (χ2v) is 6.24. The topological polar surface area (TPSA) is 137 Å². The van der Waals surface area contributed by atoms with Crippen molar-refractivity contribution in [1.82, 2.24) is 10.3 Å². The number of hydrogen-bond acceptors (Lipinski definition) is 5. The number of aryl methyl sites for hydroxylation is 1. The molecule has 0 saturated carbocycles. The molecule has 26 heavy (non-hydrogen) atoms. The van der Waals surface area contributed by atoms with Crippen LogP contribution in [0.3, 0.4) is 0 Å². The number of aliphatic hydroxyl groups is 1. The molecule has 1 amide bonds. The molecule has 0 fully saturated rings. The maximum absolute atomic E-state index is 12.3. The molecule has 1 unspecified atom stereocenters. The molecule has 0 bridgehead atoms. The monoisotopic (exact) mass is 356 g/mol. The lowest BCUT2D eigenvalue weighted by molar-refractivity contribution is -0.177. The summed E-state index contributed by atoms with van der Waals surface area (Å²) in [5.41, 5.74) is -4.30. The highest BCUT2D eigenvalue weighted by molar-refractivity contribution is 6.12. The lowest BCUT2D eigenvalue weighted by Gasteiger charge is -2.45. The van der Waals surface area contributed by atoms with Gasteiger partial charge in [-0.3, -0.25) is 9.78 Å². The number of fused-ring (bicyclic) bond motifs is 1. The van der Waals surface area contributed by atoms with Crippen LogP contribution in [0.1, 0.15) is 27.2 Å². The Morgan fingerprint density at radius 1 is 1.12 bits per heavy atom. The molecular formula is C18H16N2O6. The fraction of sp³-hybridized carbons (Fsp3) is 0.222. The van der Waals surface area contributed by atoms with E-state index in [0.717, 1.165) is 5.56 Å². The minimum Gasteiger partial charge on any atom is -0.479 e. The second-order valence-electron chi connectivity index (χ2n) is 6.24. The number of carbonyl (C=O) groups excluding carboxylic acids is 1. The van der Waals surface area contributed by atoms with Crippen molar-refractivity contribution in [3.63, 3.8) is 0 Å². The quantitative estimate of drug-likeness (QED) is 0.585. The van der Waals surface area contributed by atoms with Gasteiger partial charge in [0.25, 0.3) is 11.4 Å². The van der Waals surface area contributed by atoms with Gasteiger partial charge in [-0.2, -0.15) is 0 Å². The third kappa shape index (κ3) is 2.34. The van der Waals surface area contributed by atoms with Gasteiger partial charge in [0, 0.05) is 18.2 Å². The van der Waals surface area contributed by atoms with E-state index in [2.05, 4.69) is 4.98 Å². The molecule has 4 N–H and O–H groups in total. The lowest BCUT2D eigenvalue weighted by atomic mass is 9.68. The van der Waals surface area contributed by atoms with Crippen LogP contribution in [0.4, 0.5) is 0 Å². The number of amides is 1. The first-order valence-corrected chi connectivity index (χ1v) is 7.75. The summed E-state index contributed by atoms with van der Waals surface area (Å²) in [6.07, 6.45) is 0.962. The van der Waals surface area contributed by atoms with Crippen molar-refractivity contribution in [3.8, 4) is 0 Å². The summed E-state index contributed by atoms with van der Waals surface area (Å²) in [6.45, 7) is 1.86. The van der Waals surface area contributed by atoms with Crippen LogP contribution >= 0.6 is 0 Å². The Morgan fingerprint density at radius 3 is 2.31 bits per heavy atom. The highest BCUT2D eigenvalue weighted by atomic mass is 16.4. The first-order valence-electron chi connectivity index (χ1n) is 7.75. The van der Waals surface area contributed by atoms with Crippen LogP contribution in [-0.4, -0.2) is 43.7 Å². The Labute approximate surface area is 148 Å². The number of carbonyl (C=O) groups is 3. The Morgan fingerprint density at radius 2 is 1.73 bits per heavy atom.